The summed E-state index contributed by atoms with van der Waals surface area (Å²) in [6.07, 6.45) is 0. The summed E-state index contributed by atoms with van der Waals surface area (Å²) in [5.74, 6) is -0.213. The van der Waals surface area contributed by atoms with E-state index in [0.717, 1.165) is 34.6 Å². The summed E-state index contributed by atoms with van der Waals surface area (Å²) in [7, 11) is 1.91. The molecule has 0 spiro atoms. The summed E-state index contributed by atoms with van der Waals surface area (Å²) in [5.41, 5.74) is 5.10. The molecule has 20 heavy (non-hydrogen) atoms. The van der Waals surface area contributed by atoms with Gasteiger partial charge in [0.15, 0.2) is 0 Å². The maximum atomic E-state index is 13.7. The molecule has 1 atom stereocenters. The minimum atomic E-state index is -0.213. The number of rotatable bonds is 4. The van der Waals surface area contributed by atoms with Gasteiger partial charge in [-0.05, 0) is 58.0 Å². The van der Waals surface area contributed by atoms with Crippen molar-refractivity contribution >= 4 is 0 Å². The molecule has 0 aliphatic heterocycles. The van der Waals surface area contributed by atoms with Crippen LogP contribution in [0.3, 0.4) is 0 Å². The zero-order valence-corrected chi connectivity index (χ0v) is 12.8. The van der Waals surface area contributed by atoms with Crippen molar-refractivity contribution in [3.05, 3.63) is 41.0 Å². The Balaban J connectivity index is 2.68. The Hall–Kier alpha value is -1.68. The topological polar surface area (TPSA) is 29.9 Å². The van der Waals surface area contributed by atoms with Gasteiger partial charge in [-0.3, -0.25) is 4.68 Å². The van der Waals surface area contributed by atoms with Gasteiger partial charge in [0.2, 0.25) is 0 Å². The van der Waals surface area contributed by atoms with E-state index in [0.29, 0.717) is 0 Å². The Labute approximate surface area is 119 Å². The van der Waals surface area contributed by atoms with Crippen LogP contribution in [-0.2, 0) is 6.54 Å². The number of hydrogen-bond donors (Lipinski definition) is 1. The number of benzene rings is 1. The Bertz CT molecular complexity index is 616. The third kappa shape index (κ3) is 2.48. The van der Waals surface area contributed by atoms with Crippen LogP contribution in [0.15, 0.2) is 18.2 Å². The van der Waals surface area contributed by atoms with Crippen LogP contribution in [0, 0.1) is 19.7 Å². The van der Waals surface area contributed by atoms with Gasteiger partial charge in [-0.25, -0.2) is 4.39 Å². The molecule has 0 aliphatic carbocycles. The van der Waals surface area contributed by atoms with Crippen molar-refractivity contribution in [1.29, 1.82) is 0 Å². The number of nitrogens with zero attached hydrogens (tertiary/aromatic N) is 2. The van der Waals surface area contributed by atoms with Crippen molar-refractivity contribution in [2.75, 3.05) is 7.05 Å². The van der Waals surface area contributed by atoms with Crippen molar-refractivity contribution in [2.45, 2.75) is 40.3 Å². The van der Waals surface area contributed by atoms with Crippen LogP contribution in [-0.4, -0.2) is 16.8 Å². The monoisotopic (exact) mass is 275 g/mol. The summed E-state index contributed by atoms with van der Waals surface area (Å²) < 4.78 is 15.7. The minimum Gasteiger partial charge on any atom is -0.313 e. The SMILES string of the molecule is CCn1nc(C)c(-c2cc(F)ccc2C(C)NC)c1C. The summed E-state index contributed by atoms with van der Waals surface area (Å²) >= 11 is 0. The molecular weight excluding hydrogens is 253 g/mol. The van der Waals surface area contributed by atoms with E-state index in [-0.39, 0.29) is 11.9 Å². The molecule has 2 aromatic rings. The van der Waals surface area contributed by atoms with Gasteiger partial charge in [-0.15, -0.1) is 0 Å². The fraction of sp³-hybridized carbons (Fsp3) is 0.438. The molecule has 0 radical (unpaired) electrons. The van der Waals surface area contributed by atoms with Crippen molar-refractivity contribution in [1.82, 2.24) is 15.1 Å². The molecule has 0 fully saturated rings. The van der Waals surface area contributed by atoms with E-state index in [1.165, 1.54) is 6.07 Å². The largest absolute Gasteiger partial charge is 0.313 e. The molecule has 3 nitrogen and oxygen atoms in total. The first-order valence-electron chi connectivity index (χ1n) is 7.00. The van der Waals surface area contributed by atoms with Gasteiger partial charge < -0.3 is 5.32 Å². The first-order chi connectivity index (χ1) is 9.49. The van der Waals surface area contributed by atoms with E-state index in [4.69, 9.17) is 0 Å². The van der Waals surface area contributed by atoms with E-state index in [9.17, 15) is 4.39 Å². The van der Waals surface area contributed by atoms with Gasteiger partial charge in [-0.1, -0.05) is 6.07 Å². The molecule has 0 saturated heterocycles. The van der Waals surface area contributed by atoms with Crippen LogP contribution < -0.4 is 5.32 Å². The standard InChI is InChI=1S/C16H22FN3/c1-6-20-12(4)16(11(3)19-20)15-9-13(17)7-8-14(15)10(2)18-5/h7-10,18H,6H2,1-5H3. The summed E-state index contributed by atoms with van der Waals surface area (Å²) in [6, 6.07) is 5.14. The minimum absolute atomic E-state index is 0.161. The maximum absolute atomic E-state index is 13.7. The van der Waals surface area contributed by atoms with Crippen LogP contribution in [0.4, 0.5) is 4.39 Å². The summed E-state index contributed by atoms with van der Waals surface area (Å²) in [5, 5.41) is 7.76. The van der Waals surface area contributed by atoms with Gasteiger partial charge in [0.05, 0.1) is 5.69 Å². The number of nitrogens with one attached hydrogen (secondary N) is 1. The molecule has 1 aromatic carbocycles. The highest BCUT2D eigenvalue weighted by atomic mass is 19.1. The Morgan fingerprint density at radius 3 is 2.60 bits per heavy atom. The number of halogens is 1. The van der Waals surface area contributed by atoms with Crippen LogP contribution in [0.5, 0.6) is 0 Å². The van der Waals surface area contributed by atoms with Crippen LogP contribution >= 0.6 is 0 Å². The fourth-order valence-corrected chi connectivity index (χ4v) is 2.67. The summed E-state index contributed by atoms with van der Waals surface area (Å²) in [6.45, 7) is 8.97. The second kappa shape index (κ2) is 5.75. The molecule has 1 unspecified atom stereocenters. The van der Waals surface area contributed by atoms with E-state index in [2.05, 4.69) is 24.3 Å². The fourth-order valence-electron chi connectivity index (χ4n) is 2.67. The quantitative estimate of drug-likeness (QED) is 0.924. The predicted octanol–water partition coefficient (Wildman–Crippen LogP) is 3.61. The number of hydrogen-bond acceptors (Lipinski definition) is 2. The molecular formula is C16H22FN3. The van der Waals surface area contributed by atoms with Crippen molar-refractivity contribution < 1.29 is 4.39 Å². The Morgan fingerprint density at radius 1 is 1.35 bits per heavy atom. The molecule has 4 heteroatoms. The second-order valence-electron chi connectivity index (χ2n) is 5.10. The lowest BCUT2D eigenvalue weighted by Gasteiger charge is -2.16. The Morgan fingerprint density at radius 2 is 2.05 bits per heavy atom. The van der Waals surface area contributed by atoms with E-state index >= 15 is 0 Å². The van der Waals surface area contributed by atoms with Gasteiger partial charge in [0.25, 0.3) is 0 Å². The average Bonchev–Trinajstić information content (AvgIpc) is 2.72. The third-order valence-electron chi connectivity index (χ3n) is 3.87. The predicted molar refractivity (Wildman–Crippen MR) is 80.2 cm³/mol. The lowest BCUT2D eigenvalue weighted by Crippen LogP contribution is -2.13. The van der Waals surface area contributed by atoms with Crippen molar-refractivity contribution in [2.24, 2.45) is 0 Å². The van der Waals surface area contributed by atoms with Crippen molar-refractivity contribution in [3.8, 4) is 11.1 Å². The highest BCUT2D eigenvalue weighted by Gasteiger charge is 2.18. The molecule has 0 aliphatic rings. The Kier molecular flexibility index (Phi) is 4.23. The van der Waals surface area contributed by atoms with Gasteiger partial charge in [0, 0.05) is 23.8 Å². The first kappa shape index (κ1) is 14.7. The summed E-state index contributed by atoms with van der Waals surface area (Å²) in [4.78, 5) is 0. The smallest absolute Gasteiger partial charge is 0.123 e. The zero-order valence-electron chi connectivity index (χ0n) is 12.8. The molecule has 2 rings (SSSR count). The zero-order chi connectivity index (χ0) is 14.9. The molecule has 1 N–H and O–H groups in total. The van der Waals surface area contributed by atoms with Crippen LogP contribution in [0.1, 0.15) is 36.8 Å². The normalized spacial score (nSPS) is 12.7. The van der Waals surface area contributed by atoms with E-state index in [1.807, 2.05) is 31.6 Å². The molecule has 108 valence electrons. The first-order valence-corrected chi connectivity index (χ1v) is 7.00. The van der Waals surface area contributed by atoms with Gasteiger partial charge in [-0.2, -0.15) is 5.10 Å². The molecule has 1 heterocycles. The molecule has 0 bridgehead atoms. The van der Waals surface area contributed by atoms with E-state index in [1.54, 1.807) is 6.07 Å². The highest BCUT2D eigenvalue weighted by Crippen LogP contribution is 2.33. The highest BCUT2D eigenvalue weighted by molar-refractivity contribution is 5.72. The van der Waals surface area contributed by atoms with Crippen molar-refractivity contribution in [3.63, 3.8) is 0 Å². The third-order valence-corrected chi connectivity index (χ3v) is 3.87. The molecule has 1 aromatic heterocycles. The van der Waals surface area contributed by atoms with Gasteiger partial charge in [0.1, 0.15) is 5.82 Å². The van der Waals surface area contributed by atoms with Crippen LogP contribution in [0.25, 0.3) is 11.1 Å². The second-order valence-corrected chi connectivity index (χ2v) is 5.10. The molecule has 0 amide bonds. The molecule has 0 saturated carbocycles. The van der Waals surface area contributed by atoms with Crippen LogP contribution in [0.2, 0.25) is 0 Å². The number of aromatic nitrogens is 2. The maximum Gasteiger partial charge on any atom is 0.123 e. The lowest BCUT2D eigenvalue weighted by molar-refractivity contribution is 0.620. The number of aryl methyl sites for hydroxylation is 2. The van der Waals surface area contributed by atoms with Gasteiger partial charge >= 0.3 is 0 Å². The van der Waals surface area contributed by atoms with E-state index < -0.39 is 0 Å². The lowest BCUT2D eigenvalue weighted by atomic mass is 9.94. The average molecular weight is 275 g/mol.